The molecule has 5 heteroatoms. The number of fused-ring (bicyclic) bond motifs is 1. The second-order valence-electron chi connectivity index (χ2n) is 7.45. The molecule has 0 aliphatic heterocycles. The second-order valence-corrected chi connectivity index (χ2v) is 7.45. The zero-order chi connectivity index (χ0) is 18.9. The molecule has 0 fully saturated rings. The summed E-state index contributed by atoms with van der Waals surface area (Å²) in [5, 5.41) is 9.44. The van der Waals surface area contributed by atoms with Gasteiger partial charge in [-0.15, -0.1) is 0 Å². The van der Waals surface area contributed by atoms with E-state index in [0.29, 0.717) is 0 Å². The van der Waals surface area contributed by atoms with E-state index in [9.17, 15) is 0 Å². The number of ether oxygens (including phenoxy) is 1. The maximum atomic E-state index is 6.02. The van der Waals surface area contributed by atoms with Gasteiger partial charge < -0.3 is 15.8 Å². The number of nitrogens with one attached hydrogen (secondary N) is 1. The number of aromatic nitrogens is 2. The number of hydrogen-bond donors (Lipinski definition) is 2. The number of nitrogen functional groups attached to an aromatic ring is 1. The van der Waals surface area contributed by atoms with E-state index in [0.717, 1.165) is 41.1 Å². The molecule has 138 valence electrons. The van der Waals surface area contributed by atoms with Gasteiger partial charge in [0.05, 0.1) is 11.1 Å². The lowest BCUT2D eigenvalue weighted by Crippen LogP contribution is -2.24. The van der Waals surface area contributed by atoms with Crippen molar-refractivity contribution < 1.29 is 4.74 Å². The van der Waals surface area contributed by atoms with Crippen LogP contribution in [0.5, 0.6) is 0 Å². The van der Waals surface area contributed by atoms with E-state index in [1.54, 1.807) is 7.11 Å². The summed E-state index contributed by atoms with van der Waals surface area (Å²) in [4.78, 5) is 0. The molecule has 0 amide bonds. The molecule has 26 heavy (non-hydrogen) atoms. The van der Waals surface area contributed by atoms with Gasteiger partial charge in [-0.25, -0.2) is 0 Å². The summed E-state index contributed by atoms with van der Waals surface area (Å²) in [5.74, 6) is 0.854. The van der Waals surface area contributed by atoms with Crippen molar-refractivity contribution >= 4 is 28.1 Å². The molecule has 5 nitrogen and oxygen atoms in total. The Morgan fingerprint density at radius 3 is 2.50 bits per heavy atom. The lowest BCUT2D eigenvalue weighted by Gasteiger charge is -2.22. The minimum atomic E-state index is -0.196. The average Bonchev–Trinajstić information content (AvgIpc) is 2.93. The zero-order valence-corrected chi connectivity index (χ0v) is 16.3. The SMILES string of the molecule is COC(C)(C)CCn1nc(Nc2c(C)cccc2C)c2ccc(N)cc21. The van der Waals surface area contributed by atoms with Crippen molar-refractivity contribution in [1.29, 1.82) is 0 Å². The molecule has 0 saturated heterocycles. The molecule has 1 aromatic heterocycles. The molecule has 3 aromatic rings. The first-order valence-electron chi connectivity index (χ1n) is 8.95. The minimum absolute atomic E-state index is 0.196. The van der Waals surface area contributed by atoms with Crippen LogP contribution < -0.4 is 11.1 Å². The number of anilines is 3. The quantitative estimate of drug-likeness (QED) is 0.626. The van der Waals surface area contributed by atoms with Gasteiger partial charge in [-0.05, 0) is 63.4 Å². The Labute approximate surface area is 155 Å². The van der Waals surface area contributed by atoms with Crippen molar-refractivity contribution in [2.45, 2.75) is 46.3 Å². The van der Waals surface area contributed by atoms with Gasteiger partial charge in [0.15, 0.2) is 5.82 Å². The van der Waals surface area contributed by atoms with Crippen LogP contribution in [-0.4, -0.2) is 22.5 Å². The van der Waals surface area contributed by atoms with Crippen LogP contribution in [0.2, 0.25) is 0 Å². The molecule has 0 aliphatic carbocycles. The van der Waals surface area contributed by atoms with Crippen LogP contribution in [0.1, 0.15) is 31.4 Å². The number of benzene rings is 2. The summed E-state index contributed by atoms with van der Waals surface area (Å²) >= 11 is 0. The molecule has 3 rings (SSSR count). The van der Waals surface area contributed by atoms with Crippen LogP contribution in [0.25, 0.3) is 10.9 Å². The van der Waals surface area contributed by atoms with Crippen molar-refractivity contribution in [3.8, 4) is 0 Å². The predicted molar refractivity (Wildman–Crippen MR) is 109 cm³/mol. The third-order valence-corrected chi connectivity index (χ3v) is 4.98. The van der Waals surface area contributed by atoms with Gasteiger partial charge in [0.1, 0.15) is 0 Å². The molecular weight excluding hydrogens is 324 g/mol. The monoisotopic (exact) mass is 352 g/mol. The highest BCUT2D eigenvalue weighted by Crippen LogP contribution is 2.31. The van der Waals surface area contributed by atoms with Gasteiger partial charge in [0.25, 0.3) is 0 Å². The normalized spacial score (nSPS) is 11.9. The van der Waals surface area contributed by atoms with Gasteiger partial charge in [0, 0.05) is 30.4 Å². The van der Waals surface area contributed by atoms with E-state index < -0.39 is 0 Å². The summed E-state index contributed by atoms with van der Waals surface area (Å²) in [6, 6.07) is 12.2. The number of methoxy groups -OCH3 is 1. The third kappa shape index (κ3) is 3.68. The summed E-state index contributed by atoms with van der Waals surface area (Å²) in [7, 11) is 1.74. The highest BCUT2D eigenvalue weighted by Gasteiger charge is 2.19. The van der Waals surface area contributed by atoms with Crippen molar-refractivity contribution in [3.63, 3.8) is 0 Å². The molecule has 0 spiro atoms. The first-order valence-corrected chi connectivity index (χ1v) is 8.95. The highest BCUT2D eigenvalue weighted by molar-refractivity contribution is 5.94. The fourth-order valence-corrected chi connectivity index (χ4v) is 3.06. The molecule has 0 radical (unpaired) electrons. The summed E-state index contributed by atoms with van der Waals surface area (Å²) < 4.78 is 7.56. The third-order valence-electron chi connectivity index (χ3n) is 4.98. The Balaban J connectivity index is 2.01. The molecule has 3 N–H and O–H groups in total. The number of nitrogens with two attached hydrogens (primary N) is 1. The summed E-state index contributed by atoms with van der Waals surface area (Å²) in [6.07, 6.45) is 0.859. The Hall–Kier alpha value is -2.53. The molecule has 0 bridgehead atoms. The highest BCUT2D eigenvalue weighted by atomic mass is 16.5. The van der Waals surface area contributed by atoms with Crippen LogP contribution in [0, 0.1) is 13.8 Å². The number of rotatable bonds is 6. The lowest BCUT2D eigenvalue weighted by atomic mass is 10.1. The zero-order valence-electron chi connectivity index (χ0n) is 16.3. The topological polar surface area (TPSA) is 65.1 Å². The predicted octanol–water partition coefficient (Wildman–Crippen LogP) is 4.79. The van der Waals surface area contributed by atoms with E-state index in [2.05, 4.69) is 51.2 Å². The summed E-state index contributed by atoms with van der Waals surface area (Å²) in [5.41, 5.74) is 11.1. The van der Waals surface area contributed by atoms with Gasteiger partial charge in [0.2, 0.25) is 0 Å². The van der Waals surface area contributed by atoms with Crippen molar-refractivity contribution in [2.75, 3.05) is 18.2 Å². The Kier molecular flexibility index (Phi) is 4.92. The Morgan fingerprint density at radius 1 is 1.15 bits per heavy atom. The Morgan fingerprint density at radius 2 is 1.85 bits per heavy atom. The van der Waals surface area contributed by atoms with Gasteiger partial charge in [-0.3, -0.25) is 4.68 Å². The van der Waals surface area contributed by atoms with E-state index in [1.807, 2.05) is 22.9 Å². The van der Waals surface area contributed by atoms with Gasteiger partial charge in [-0.1, -0.05) is 18.2 Å². The number of nitrogens with zero attached hydrogens (tertiary/aromatic N) is 2. The van der Waals surface area contributed by atoms with Crippen LogP contribution in [0.15, 0.2) is 36.4 Å². The van der Waals surface area contributed by atoms with E-state index in [4.69, 9.17) is 15.6 Å². The maximum absolute atomic E-state index is 6.02. The molecular formula is C21H28N4O. The van der Waals surface area contributed by atoms with Gasteiger partial charge in [-0.2, -0.15) is 5.10 Å². The molecule has 2 aromatic carbocycles. The lowest BCUT2D eigenvalue weighted by molar-refractivity contribution is 0.0116. The molecule has 0 unspecified atom stereocenters. The second kappa shape index (κ2) is 7.00. The van der Waals surface area contributed by atoms with Gasteiger partial charge >= 0.3 is 0 Å². The fourth-order valence-electron chi connectivity index (χ4n) is 3.06. The van der Waals surface area contributed by atoms with Crippen molar-refractivity contribution in [1.82, 2.24) is 9.78 Å². The average molecular weight is 352 g/mol. The fraction of sp³-hybridized carbons (Fsp3) is 0.381. The van der Waals surface area contributed by atoms with E-state index >= 15 is 0 Å². The van der Waals surface area contributed by atoms with Crippen LogP contribution >= 0.6 is 0 Å². The van der Waals surface area contributed by atoms with E-state index in [-0.39, 0.29) is 5.60 Å². The molecule has 0 saturated carbocycles. The minimum Gasteiger partial charge on any atom is -0.399 e. The first kappa shape index (κ1) is 18.3. The molecule has 0 atom stereocenters. The van der Waals surface area contributed by atoms with Crippen LogP contribution in [-0.2, 0) is 11.3 Å². The van der Waals surface area contributed by atoms with Crippen molar-refractivity contribution in [2.24, 2.45) is 0 Å². The number of para-hydroxylation sites is 1. The van der Waals surface area contributed by atoms with Crippen LogP contribution in [0.3, 0.4) is 0 Å². The standard InChI is InChI=1S/C21H28N4O/c1-14-7-6-8-15(2)19(14)23-20-17-10-9-16(22)13-18(17)25(24-20)12-11-21(3,4)26-5/h6-10,13H,11-12,22H2,1-5H3,(H,23,24). The molecule has 1 heterocycles. The van der Waals surface area contributed by atoms with Crippen LogP contribution in [0.4, 0.5) is 17.2 Å². The number of hydrogen-bond acceptors (Lipinski definition) is 4. The first-order chi connectivity index (χ1) is 12.3. The Bertz CT molecular complexity index is 907. The smallest absolute Gasteiger partial charge is 0.160 e. The van der Waals surface area contributed by atoms with E-state index in [1.165, 1.54) is 11.1 Å². The largest absolute Gasteiger partial charge is 0.399 e. The summed E-state index contributed by atoms with van der Waals surface area (Å²) in [6.45, 7) is 9.14. The number of aryl methyl sites for hydroxylation is 3. The van der Waals surface area contributed by atoms with Crippen molar-refractivity contribution in [3.05, 3.63) is 47.5 Å². The maximum Gasteiger partial charge on any atom is 0.160 e. The molecule has 0 aliphatic rings.